The first-order chi connectivity index (χ1) is 14.3. The van der Waals surface area contributed by atoms with Crippen LogP contribution in [-0.4, -0.2) is 4.98 Å². The van der Waals surface area contributed by atoms with Crippen LogP contribution in [0.25, 0.3) is 22.8 Å². The van der Waals surface area contributed by atoms with Gasteiger partial charge in [0.05, 0.1) is 23.8 Å². The molecule has 0 spiro atoms. The molecule has 0 radical (unpaired) electrons. The molecule has 0 saturated heterocycles. The summed E-state index contributed by atoms with van der Waals surface area (Å²) in [6.45, 7) is 6.50. The molecule has 163 valence electrons. The van der Waals surface area contributed by atoms with Crippen LogP contribution >= 0.6 is 29.1 Å². The summed E-state index contributed by atoms with van der Waals surface area (Å²) in [6.07, 6.45) is 6.95. The van der Waals surface area contributed by atoms with E-state index in [-0.39, 0.29) is 0 Å². The van der Waals surface area contributed by atoms with Crippen LogP contribution in [0.5, 0.6) is 0 Å². The molecule has 0 atom stereocenters. The summed E-state index contributed by atoms with van der Waals surface area (Å²) in [5.41, 5.74) is 7.79. The van der Waals surface area contributed by atoms with E-state index in [2.05, 4.69) is 71.3 Å². The van der Waals surface area contributed by atoms with Crippen molar-refractivity contribution in [3.8, 4) is 22.8 Å². The van der Waals surface area contributed by atoms with Crippen LogP contribution in [0.15, 0.2) is 48.8 Å². The van der Waals surface area contributed by atoms with E-state index >= 15 is 0 Å². The fourth-order valence-electron chi connectivity index (χ4n) is 3.08. The zero-order valence-electron chi connectivity index (χ0n) is 17.5. The Morgan fingerprint density at radius 1 is 0.733 bits per heavy atom. The molecule has 3 aromatic heterocycles. The molecule has 0 aliphatic rings. The third-order valence-electron chi connectivity index (χ3n) is 4.83. The summed E-state index contributed by atoms with van der Waals surface area (Å²) >= 11 is -1.75. The molecule has 0 unspecified atom stereocenters. The van der Waals surface area contributed by atoms with Crippen molar-refractivity contribution >= 4 is 29.1 Å². The molecule has 7 heteroatoms. The molecule has 3 heterocycles. The zero-order valence-corrected chi connectivity index (χ0v) is 21.5. The average Bonchev–Trinajstić information content (AvgIpc) is 2.73. The second-order valence-electron chi connectivity index (χ2n) is 6.74. The fraction of sp³-hybridized carbons (Fsp3) is 0.261. The van der Waals surface area contributed by atoms with E-state index < -0.39 is 13.0 Å². The van der Waals surface area contributed by atoms with Crippen LogP contribution in [0.2, 0.25) is 0 Å². The van der Waals surface area contributed by atoms with Crippen LogP contribution in [0.3, 0.4) is 0 Å². The quantitative estimate of drug-likeness (QED) is 0.215. The molecule has 0 aromatic carbocycles. The number of pyridine rings is 3. The van der Waals surface area contributed by atoms with Gasteiger partial charge in [-0.15, -0.1) is 0 Å². The van der Waals surface area contributed by atoms with Crippen molar-refractivity contribution in [1.82, 2.24) is 4.98 Å². The Kier molecular flexibility index (Phi) is 9.90. The van der Waals surface area contributed by atoms with Crippen LogP contribution in [-0.2, 0) is 32.2 Å². The monoisotopic (exact) mass is 552 g/mol. The molecular formula is C23H27Cl3N3Ru. The van der Waals surface area contributed by atoms with Gasteiger partial charge in [0.25, 0.3) is 0 Å². The van der Waals surface area contributed by atoms with Crippen molar-refractivity contribution < 1.29 is 22.1 Å². The number of rotatable bonds is 5. The average molecular weight is 553 g/mol. The minimum absolute atomic E-state index is 0.951. The van der Waals surface area contributed by atoms with Crippen LogP contribution in [0, 0.1) is 14.1 Å². The van der Waals surface area contributed by atoms with E-state index in [0.29, 0.717) is 0 Å². The van der Waals surface area contributed by atoms with Gasteiger partial charge in [-0.05, 0) is 49.1 Å². The van der Waals surface area contributed by atoms with E-state index in [0.717, 1.165) is 42.0 Å². The summed E-state index contributed by atoms with van der Waals surface area (Å²) < 4.78 is 3.79. The molecule has 0 aliphatic carbocycles. The number of hydrogen-bond acceptors (Lipinski definition) is 1. The van der Waals surface area contributed by atoms with Gasteiger partial charge < -0.3 is 9.13 Å². The van der Waals surface area contributed by atoms with Crippen molar-refractivity contribution in [2.24, 2.45) is 0 Å². The third kappa shape index (κ3) is 6.85. The molecule has 0 saturated carbocycles. The normalized spacial score (nSPS) is 10.9. The number of aromatic nitrogens is 3. The maximum absolute atomic E-state index is 4.97. The number of hydrogen-bond donors (Lipinski definition) is 0. The van der Waals surface area contributed by atoms with Crippen LogP contribution < -0.4 is 9.13 Å². The Labute approximate surface area is 197 Å². The van der Waals surface area contributed by atoms with Crippen LogP contribution in [0.4, 0.5) is 0 Å². The van der Waals surface area contributed by atoms with Gasteiger partial charge in [-0.3, -0.25) is 4.98 Å². The predicted molar refractivity (Wildman–Crippen MR) is 123 cm³/mol. The first-order valence-corrected chi connectivity index (χ1v) is 16.4. The first kappa shape index (κ1) is 24.9. The fourth-order valence-corrected chi connectivity index (χ4v) is 3.08. The topological polar surface area (TPSA) is 20.6 Å². The Hall–Kier alpha value is -1.32. The Morgan fingerprint density at radius 3 is 1.43 bits per heavy atom. The van der Waals surface area contributed by atoms with Crippen molar-refractivity contribution in [2.75, 3.05) is 0 Å². The second kappa shape index (κ2) is 11.9. The molecule has 0 N–H and O–H groups in total. The molecule has 3 aromatic rings. The summed E-state index contributed by atoms with van der Waals surface area (Å²) in [7, 11) is 23.1. The van der Waals surface area contributed by atoms with Gasteiger partial charge >= 0.3 is 42.1 Å². The summed E-state index contributed by atoms with van der Waals surface area (Å²) in [5, 5.41) is 0. The zero-order chi connectivity index (χ0) is 22.3. The van der Waals surface area contributed by atoms with Gasteiger partial charge in [-0.1, -0.05) is 44.0 Å². The van der Waals surface area contributed by atoms with Crippen molar-refractivity contribution in [1.29, 1.82) is 0 Å². The first-order valence-electron chi connectivity index (χ1n) is 9.68. The van der Waals surface area contributed by atoms with Crippen molar-refractivity contribution in [2.45, 2.75) is 40.0 Å². The minimum atomic E-state index is -1.75. The molecule has 0 amide bonds. The molecule has 0 aliphatic heterocycles. The number of halogens is 3. The third-order valence-corrected chi connectivity index (χ3v) is 4.83. The molecule has 3 nitrogen and oxygen atoms in total. The van der Waals surface area contributed by atoms with E-state index in [4.69, 9.17) is 34.1 Å². The van der Waals surface area contributed by atoms with E-state index in [1.807, 2.05) is 21.5 Å². The van der Waals surface area contributed by atoms with E-state index in [1.165, 1.54) is 16.7 Å². The number of aryl methyl sites for hydroxylation is 3. The van der Waals surface area contributed by atoms with Gasteiger partial charge in [0.15, 0.2) is 0 Å². The van der Waals surface area contributed by atoms with E-state index in [9.17, 15) is 0 Å². The predicted octanol–water partition coefficient (Wildman–Crippen LogP) is 6.02. The molecule has 30 heavy (non-hydrogen) atoms. The molecule has 0 bridgehead atoms. The van der Waals surface area contributed by atoms with E-state index in [1.54, 1.807) is 0 Å². The maximum atomic E-state index is 4.97. The van der Waals surface area contributed by atoms with Crippen molar-refractivity contribution in [3.05, 3.63) is 79.6 Å². The molecular weight excluding hydrogens is 526 g/mol. The van der Waals surface area contributed by atoms with Gasteiger partial charge in [0.1, 0.15) is 11.4 Å². The summed E-state index contributed by atoms with van der Waals surface area (Å²) in [4.78, 5) is 4.97. The Morgan fingerprint density at radius 2 is 1.10 bits per heavy atom. The van der Waals surface area contributed by atoms with Crippen molar-refractivity contribution in [3.63, 3.8) is 0 Å². The van der Waals surface area contributed by atoms with Gasteiger partial charge in [0, 0.05) is 14.1 Å². The Bertz CT molecular complexity index is 919. The summed E-state index contributed by atoms with van der Waals surface area (Å²) in [6, 6.07) is 12.9. The van der Waals surface area contributed by atoms with Gasteiger partial charge in [-0.25, -0.2) is 0 Å². The molecule has 0 fully saturated rings. The molecule has 3 rings (SSSR count). The Balaban J connectivity index is 0.000000735. The van der Waals surface area contributed by atoms with Gasteiger partial charge in [0.2, 0.25) is 0 Å². The second-order valence-corrected chi connectivity index (χ2v) is 14.7. The SMILES string of the molecule is [CH2-][n+]1ccc(CC)cc1-c1cc(CC)cc(-c2cc(CC)cc[n+]2[CH2-])n1.[Cl][Ru]([Cl])[Cl]. The van der Waals surface area contributed by atoms with Gasteiger partial charge in [-0.2, -0.15) is 0 Å². The van der Waals surface area contributed by atoms with Crippen LogP contribution in [0.1, 0.15) is 37.5 Å². The summed E-state index contributed by atoms with van der Waals surface area (Å²) in [5.74, 6) is 0. The standard InChI is InChI=1S/C23H27N3.3ClH.Ru/c1-6-17-9-11-25(4)22(15-17)20-13-19(8-3)14-21(24-20)23-16-18(7-2)10-12-26(23)5;;;;/h9-16H,4-8H2,1-3H3;3*1H;/q;;;;+3/p-3. The number of nitrogens with zero attached hydrogens (tertiary/aromatic N) is 3.